The number of alkyl halides is 2. The Hall–Kier alpha value is -0.550. The van der Waals surface area contributed by atoms with Gasteiger partial charge in [-0.3, -0.25) is 0 Å². The molecule has 0 spiro atoms. The number of nitrogen functional groups attached to an aromatic ring is 1. The van der Waals surface area contributed by atoms with E-state index in [1.807, 2.05) is 0 Å². The van der Waals surface area contributed by atoms with E-state index in [9.17, 15) is 17.2 Å². The predicted molar refractivity (Wildman–Crippen MR) is 57.7 cm³/mol. The van der Waals surface area contributed by atoms with Crippen LogP contribution in [0.2, 0.25) is 0 Å². The predicted octanol–water partition coefficient (Wildman–Crippen LogP) is 0.853. The lowest BCUT2D eigenvalue weighted by Crippen LogP contribution is -2.16. The summed E-state index contributed by atoms with van der Waals surface area (Å²) in [5.41, 5.74) is 4.72. The molecule has 0 aromatic carbocycles. The molecular weight excluding hydrogens is 343 g/mol. The molecule has 1 heterocycles. The van der Waals surface area contributed by atoms with Crippen molar-refractivity contribution in [2.45, 2.75) is 11.5 Å². The fourth-order valence-corrected chi connectivity index (χ4v) is 2.41. The van der Waals surface area contributed by atoms with Crippen LogP contribution in [0.4, 0.5) is 14.6 Å². The summed E-state index contributed by atoms with van der Waals surface area (Å²) >= 11 is 1.55. The molecule has 0 saturated carbocycles. The van der Waals surface area contributed by atoms with E-state index in [0.717, 1.165) is 6.07 Å². The van der Waals surface area contributed by atoms with E-state index < -0.39 is 32.9 Å². The van der Waals surface area contributed by atoms with Gasteiger partial charge in [0.15, 0.2) is 5.03 Å². The number of nitrogens with zero attached hydrogens (tertiary/aromatic N) is 1. The van der Waals surface area contributed by atoms with Crippen molar-refractivity contribution in [1.82, 2.24) is 4.98 Å². The highest BCUT2D eigenvalue weighted by Gasteiger charge is 2.21. The van der Waals surface area contributed by atoms with Gasteiger partial charge in [-0.15, -0.1) is 0 Å². The summed E-state index contributed by atoms with van der Waals surface area (Å²) in [5, 5.41) is 4.26. The van der Waals surface area contributed by atoms with Gasteiger partial charge in [-0.25, -0.2) is 27.3 Å². The second-order valence-electron chi connectivity index (χ2n) is 2.59. The normalized spacial score (nSPS) is 12.1. The molecule has 5 nitrogen and oxygen atoms in total. The molecule has 9 heteroatoms. The van der Waals surface area contributed by atoms with Crippen LogP contribution in [0.15, 0.2) is 11.1 Å². The molecule has 0 fully saturated rings. The van der Waals surface area contributed by atoms with Crippen LogP contribution in [0.3, 0.4) is 0 Å². The Morgan fingerprint density at radius 2 is 2.00 bits per heavy atom. The number of hydrogen-bond donors (Lipinski definition) is 2. The summed E-state index contributed by atoms with van der Waals surface area (Å²) in [6.45, 7) is 0. The largest absolute Gasteiger partial charge is 0.383 e. The lowest BCUT2D eigenvalue weighted by Gasteiger charge is -2.08. The first-order valence-corrected chi connectivity index (χ1v) is 6.13. The standard InChI is InChI=1S/C6H6F2IN3O2S/c7-5(8)4-2(9)1-3(12-6(4)10)15(11,13)14/h1,5H,(H2,10,12)(H2,11,13,14). The maximum absolute atomic E-state index is 12.4. The average Bonchev–Trinajstić information content (AvgIpc) is 1.99. The van der Waals surface area contributed by atoms with Crippen molar-refractivity contribution < 1.29 is 17.2 Å². The maximum atomic E-state index is 12.4. The second kappa shape index (κ2) is 4.14. The van der Waals surface area contributed by atoms with Crippen LogP contribution >= 0.6 is 22.6 Å². The van der Waals surface area contributed by atoms with Crippen molar-refractivity contribution in [3.05, 3.63) is 15.2 Å². The van der Waals surface area contributed by atoms with Gasteiger partial charge >= 0.3 is 0 Å². The molecule has 15 heavy (non-hydrogen) atoms. The molecule has 0 amide bonds. The van der Waals surface area contributed by atoms with Crippen molar-refractivity contribution in [2.24, 2.45) is 5.14 Å². The summed E-state index contributed by atoms with van der Waals surface area (Å²) in [4.78, 5) is 3.31. The van der Waals surface area contributed by atoms with Gasteiger partial charge in [0.2, 0.25) is 0 Å². The summed E-state index contributed by atoms with van der Waals surface area (Å²) in [7, 11) is -4.03. The van der Waals surface area contributed by atoms with Crippen LogP contribution in [-0.4, -0.2) is 13.4 Å². The smallest absolute Gasteiger partial charge is 0.268 e. The van der Waals surface area contributed by atoms with Crippen LogP contribution < -0.4 is 10.9 Å². The molecule has 0 unspecified atom stereocenters. The average molecular weight is 349 g/mol. The zero-order valence-electron chi connectivity index (χ0n) is 7.12. The van der Waals surface area contributed by atoms with Crippen molar-refractivity contribution in [1.29, 1.82) is 0 Å². The van der Waals surface area contributed by atoms with Gasteiger partial charge < -0.3 is 5.73 Å². The molecule has 1 rings (SSSR count). The number of anilines is 1. The minimum atomic E-state index is -4.03. The van der Waals surface area contributed by atoms with Crippen molar-refractivity contribution in [3.63, 3.8) is 0 Å². The molecule has 0 aliphatic heterocycles. The number of aromatic nitrogens is 1. The van der Waals surface area contributed by atoms with Gasteiger partial charge in [0.25, 0.3) is 16.4 Å². The number of hydrogen-bond acceptors (Lipinski definition) is 4. The van der Waals surface area contributed by atoms with Crippen molar-refractivity contribution in [3.8, 4) is 0 Å². The lowest BCUT2D eigenvalue weighted by molar-refractivity contribution is 0.151. The van der Waals surface area contributed by atoms with Crippen molar-refractivity contribution in [2.75, 3.05) is 5.73 Å². The zero-order valence-corrected chi connectivity index (χ0v) is 10.1. The molecule has 0 saturated heterocycles. The highest BCUT2D eigenvalue weighted by molar-refractivity contribution is 14.1. The topological polar surface area (TPSA) is 99.1 Å². The van der Waals surface area contributed by atoms with Gasteiger partial charge in [0.1, 0.15) is 5.82 Å². The van der Waals surface area contributed by atoms with Gasteiger partial charge in [-0.05, 0) is 28.7 Å². The molecule has 0 radical (unpaired) electrons. The number of sulfonamides is 1. The van der Waals surface area contributed by atoms with Crippen LogP contribution in [0.1, 0.15) is 12.0 Å². The molecule has 0 bridgehead atoms. The number of rotatable bonds is 2. The minimum Gasteiger partial charge on any atom is -0.383 e. The first kappa shape index (κ1) is 12.5. The fraction of sp³-hybridized carbons (Fsp3) is 0.167. The number of nitrogens with two attached hydrogens (primary N) is 2. The highest BCUT2D eigenvalue weighted by atomic mass is 127. The molecule has 0 aliphatic carbocycles. The van der Waals surface area contributed by atoms with E-state index in [4.69, 9.17) is 10.9 Å². The third-order valence-electron chi connectivity index (χ3n) is 1.52. The van der Waals surface area contributed by atoms with E-state index in [1.165, 1.54) is 0 Å². The molecular formula is C6H6F2IN3O2S. The Kier molecular flexibility index (Phi) is 3.45. The SMILES string of the molecule is Nc1nc(S(N)(=O)=O)cc(I)c1C(F)F. The van der Waals surface area contributed by atoms with Gasteiger partial charge in [0.05, 0.1) is 5.56 Å². The first-order chi connectivity index (χ1) is 6.73. The third kappa shape index (κ3) is 2.72. The Bertz CT molecular complexity index is 468. The lowest BCUT2D eigenvalue weighted by atomic mass is 10.3. The monoisotopic (exact) mass is 349 g/mol. The Morgan fingerprint density at radius 3 is 2.33 bits per heavy atom. The third-order valence-corrected chi connectivity index (χ3v) is 3.21. The summed E-state index contributed by atoms with van der Waals surface area (Å²) in [6.07, 6.45) is -2.81. The van der Waals surface area contributed by atoms with Gasteiger partial charge in [0, 0.05) is 3.57 Å². The fourth-order valence-electron chi connectivity index (χ4n) is 0.881. The minimum absolute atomic E-state index is 0.0131. The molecule has 0 aliphatic rings. The van der Waals surface area contributed by atoms with E-state index in [-0.39, 0.29) is 3.57 Å². The summed E-state index contributed by atoms with van der Waals surface area (Å²) in [6, 6.07) is 0.952. The maximum Gasteiger partial charge on any atom is 0.268 e. The van der Waals surface area contributed by atoms with Crippen molar-refractivity contribution >= 4 is 38.4 Å². The number of halogens is 3. The number of primary sulfonamides is 1. The Morgan fingerprint density at radius 1 is 1.47 bits per heavy atom. The quantitative estimate of drug-likeness (QED) is 0.774. The van der Waals surface area contributed by atoms with Crippen LogP contribution in [0.5, 0.6) is 0 Å². The molecule has 1 aromatic rings. The van der Waals surface area contributed by atoms with Gasteiger partial charge in [-0.2, -0.15) is 0 Å². The summed E-state index contributed by atoms with van der Waals surface area (Å²) in [5.74, 6) is -0.527. The Labute approximate surface area is 98.0 Å². The Balaban J connectivity index is 3.45. The molecule has 4 N–H and O–H groups in total. The van der Waals surface area contributed by atoms with Crippen LogP contribution in [-0.2, 0) is 10.0 Å². The van der Waals surface area contributed by atoms with Crippen LogP contribution in [0.25, 0.3) is 0 Å². The van der Waals surface area contributed by atoms with E-state index in [1.54, 1.807) is 22.6 Å². The molecule has 0 atom stereocenters. The van der Waals surface area contributed by atoms with E-state index >= 15 is 0 Å². The van der Waals surface area contributed by atoms with E-state index in [0.29, 0.717) is 0 Å². The highest BCUT2D eigenvalue weighted by Crippen LogP contribution is 2.29. The molecule has 1 aromatic heterocycles. The first-order valence-electron chi connectivity index (χ1n) is 3.50. The molecule has 84 valence electrons. The number of pyridine rings is 1. The zero-order chi connectivity index (χ0) is 11.8. The second-order valence-corrected chi connectivity index (χ2v) is 5.26. The van der Waals surface area contributed by atoms with Gasteiger partial charge in [-0.1, -0.05) is 0 Å². The van der Waals surface area contributed by atoms with Crippen LogP contribution in [0, 0.1) is 3.57 Å². The van der Waals surface area contributed by atoms with E-state index in [2.05, 4.69) is 4.98 Å². The summed E-state index contributed by atoms with van der Waals surface area (Å²) < 4.78 is 46.6.